The third kappa shape index (κ3) is 4.08. The number of hydrogen-bond acceptors (Lipinski definition) is 5. The third-order valence-electron chi connectivity index (χ3n) is 6.95. The van der Waals surface area contributed by atoms with Crippen molar-refractivity contribution in [2.75, 3.05) is 24.5 Å². The lowest BCUT2D eigenvalue weighted by Gasteiger charge is -2.35. The SMILES string of the molecule is Cc1ccc(Cl)c(C(=O)N2CCCC[C@H]2c2cc3nc(N4C[C@@H](C)[C@@H](O)C4)c(C)cn3n2)c1. The molecule has 4 heterocycles. The van der Waals surface area contributed by atoms with Gasteiger partial charge in [-0.2, -0.15) is 5.10 Å². The number of β-amino-alcohol motifs (C(OH)–C–C–N with tert-alkyl or cyclic N) is 1. The van der Waals surface area contributed by atoms with Crippen LogP contribution in [0.5, 0.6) is 0 Å². The lowest BCUT2D eigenvalue weighted by atomic mass is 9.98. The van der Waals surface area contributed by atoms with E-state index < -0.39 is 0 Å². The van der Waals surface area contributed by atoms with Crippen LogP contribution in [0, 0.1) is 19.8 Å². The lowest BCUT2D eigenvalue weighted by Crippen LogP contribution is -2.38. The molecule has 2 aromatic heterocycles. The van der Waals surface area contributed by atoms with Crippen molar-refractivity contribution in [3.05, 3.63) is 57.9 Å². The molecule has 2 saturated heterocycles. The van der Waals surface area contributed by atoms with E-state index >= 15 is 0 Å². The van der Waals surface area contributed by atoms with Crippen LogP contribution in [0.4, 0.5) is 5.82 Å². The monoisotopic (exact) mass is 467 g/mol. The van der Waals surface area contributed by atoms with E-state index in [1.807, 2.05) is 43.1 Å². The van der Waals surface area contributed by atoms with Gasteiger partial charge in [-0.05, 0) is 45.2 Å². The van der Waals surface area contributed by atoms with Crippen molar-refractivity contribution >= 4 is 29.0 Å². The van der Waals surface area contributed by atoms with Gasteiger partial charge in [-0.15, -0.1) is 0 Å². The predicted molar refractivity (Wildman–Crippen MR) is 129 cm³/mol. The fourth-order valence-electron chi connectivity index (χ4n) is 5.06. The molecule has 3 atom stereocenters. The molecule has 2 fully saturated rings. The molecule has 7 nitrogen and oxygen atoms in total. The van der Waals surface area contributed by atoms with Gasteiger partial charge >= 0.3 is 0 Å². The summed E-state index contributed by atoms with van der Waals surface area (Å²) in [5.74, 6) is 1.06. The Morgan fingerprint density at radius 1 is 1.18 bits per heavy atom. The van der Waals surface area contributed by atoms with Gasteiger partial charge in [-0.25, -0.2) is 9.50 Å². The summed E-state index contributed by atoms with van der Waals surface area (Å²) in [7, 11) is 0. The zero-order valence-electron chi connectivity index (χ0n) is 19.3. The van der Waals surface area contributed by atoms with E-state index in [9.17, 15) is 9.90 Å². The van der Waals surface area contributed by atoms with E-state index in [0.717, 1.165) is 54.1 Å². The maximum Gasteiger partial charge on any atom is 0.255 e. The van der Waals surface area contributed by atoms with Crippen LogP contribution in [0.3, 0.4) is 0 Å². The molecule has 2 aliphatic heterocycles. The van der Waals surface area contributed by atoms with Gasteiger partial charge in [0, 0.05) is 43.4 Å². The van der Waals surface area contributed by atoms with Crippen molar-refractivity contribution in [3.63, 3.8) is 0 Å². The average Bonchev–Trinajstić information content (AvgIpc) is 3.36. The third-order valence-corrected chi connectivity index (χ3v) is 7.28. The van der Waals surface area contributed by atoms with Gasteiger partial charge in [0.2, 0.25) is 0 Å². The second-order valence-electron chi connectivity index (χ2n) is 9.56. The maximum atomic E-state index is 13.5. The van der Waals surface area contributed by atoms with Crippen LogP contribution in [0.1, 0.15) is 59.4 Å². The summed E-state index contributed by atoms with van der Waals surface area (Å²) in [4.78, 5) is 22.4. The molecule has 0 bridgehead atoms. The second-order valence-corrected chi connectivity index (χ2v) is 9.97. The number of carbonyl (C=O) groups excluding carboxylic acids is 1. The molecular weight excluding hydrogens is 438 g/mol. The first kappa shape index (κ1) is 22.2. The van der Waals surface area contributed by atoms with Crippen LogP contribution in [0.2, 0.25) is 5.02 Å². The number of anilines is 1. The molecule has 174 valence electrons. The minimum atomic E-state index is -0.335. The van der Waals surface area contributed by atoms with E-state index in [4.69, 9.17) is 21.7 Å². The van der Waals surface area contributed by atoms with Crippen LogP contribution < -0.4 is 4.90 Å². The molecule has 2 aliphatic rings. The summed E-state index contributed by atoms with van der Waals surface area (Å²) in [5.41, 5.74) is 4.18. The maximum absolute atomic E-state index is 13.5. The zero-order valence-corrected chi connectivity index (χ0v) is 20.1. The minimum Gasteiger partial charge on any atom is -0.391 e. The van der Waals surface area contributed by atoms with Crippen LogP contribution in [-0.2, 0) is 0 Å². The fourth-order valence-corrected chi connectivity index (χ4v) is 5.26. The average molecular weight is 468 g/mol. The molecule has 1 amide bonds. The van der Waals surface area contributed by atoms with Gasteiger partial charge < -0.3 is 14.9 Å². The van der Waals surface area contributed by atoms with Crippen molar-refractivity contribution in [1.29, 1.82) is 0 Å². The normalized spacial score (nSPS) is 23.5. The summed E-state index contributed by atoms with van der Waals surface area (Å²) in [6.07, 6.45) is 4.53. The predicted octanol–water partition coefficient (Wildman–Crippen LogP) is 4.18. The summed E-state index contributed by atoms with van der Waals surface area (Å²) in [6, 6.07) is 7.45. The first-order valence-electron chi connectivity index (χ1n) is 11.7. The van der Waals surface area contributed by atoms with Crippen molar-refractivity contribution < 1.29 is 9.90 Å². The van der Waals surface area contributed by atoms with E-state index in [0.29, 0.717) is 23.7 Å². The highest BCUT2D eigenvalue weighted by atomic mass is 35.5. The number of nitrogens with zero attached hydrogens (tertiary/aromatic N) is 5. The number of halogens is 1. The molecule has 0 aliphatic carbocycles. The molecule has 0 unspecified atom stereocenters. The Bertz CT molecular complexity index is 1200. The topological polar surface area (TPSA) is 74.0 Å². The number of amides is 1. The van der Waals surface area contributed by atoms with Gasteiger partial charge in [0.1, 0.15) is 5.82 Å². The molecule has 1 aromatic carbocycles. The summed E-state index contributed by atoms with van der Waals surface area (Å²) < 4.78 is 1.81. The molecule has 1 N–H and O–H groups in total. The highest BCUT2D eigenvalue weighted by Gasteiger charge is 2.33. The zero-order chi connectivity index (χ0) is 23.3. The van der Waals surface area contributed by atoms with E-state index in [1.165, 1.54) is 0 Å². The number of carbonyl (C=O) groups is 1. The standard InChI is InChI=1S/C25H30ClN5O2/c1-15-7-8-19(26)18(10-15)25(33)30-9-5-4-6-21(30)20-11-23-27-24(17(3)13-31(23)28-20)29-12-16(2)22(32)14-29/h7-8,10-11,13,16,21-22,32H,4-6,9,12,14H2,1-3H3/t16-,21+,22+/m1/s1. The molecule has 3 aromatic rings. The van der Waals surface area contributed by atoms with Crippen LogP contribution in [0.15, 0.2) is 30.5 Å². The van der Waals surface area contributed by atoms with Crippen LogP contribution in [0.25, 0.3) is 5.65 Å². The summed E-state index contributed by atoms with van der Waals surface area (Å²) in [5, 5.41) is 15.5. The number of fused-ring (bicyclic) bond motifs is 1. The largest absolute Gasteiger partial charge is 0.391 e. The van der Waals surface area contributed by atoms with Crippen molar-refractivity contribution in [2.45, 2.75) is 52.2 Å². The molecule has 8 heteroatoms. The quantitative estimate of drug-likeness (QED) is 0.625. The molecular formula is C25H30ClN5O2. The van der Waals surface area contributed by atoms with Crippen molar-refractivity contribution in [1.82, 2.24) is 19.5 Å². The van der Waals surface area contributed by atoms with Crippen molar-refractivity contribution in [3.8, 4) is 0 Å². The van der Waals surface area contributed by atoms with Gasteiger partial charge in [-0.1, -0.05) is 30.2 Å². The Morgan fingerprint density at radius 2 is 2.00 bits per heavy atom. The first-order chi connectivity index (χ1) is 15.8. The van der Waals surface area contributed by atoms with Gasteiger partial charge in [0.25, 0.3) is 5.91 Å². The molecule has 5 rings (SSSR count). The van der Waals surface area contributed by atoms with Crippen LogP contribution in [-0.4, -0.2) is 56.2 Å². The number of benzene rings is 1. The van der Waals surface area contributed by atoms with Gasteiger partial charge in [-0.3, -0.25) is 4.79 Å². The van der Waals surface area contributed by atoms with E-state index in [-0.39, 0.29) is 24.0 Å². The Kier molecular flexibility index (Phi) is 5.79. The van der Waals surface area contributed by atoms with Crippen molar-refractivity contribution in [2.24, 2.45) is 5.92 Å². The summed E-state index contributed by atoms with van der Waals surface area (Å²) >= 11 is 6.39. The number of aliphatic hydroxyl groups is 1. The first-order valence-corrected chi connectivity index (χ1v) is 12.1. The molecule has 0 radical (unpaired) electrons. The molecule has 0 saturated carbocycles. The minimum absolute atomic E-state index is 0.0460. The molecule has 0 spiro atoms. The Morgan fingerprint density at radius 3 is 2.76 bits per heavy atom. The highest BCUT2D eigenvalue weighted by molar-refractivity contribution is 6.33. The number of likely N-dealkylation sites (tertiary alicyclic amines) is 1. The number of aromatic nitrogens is 3. The Labute approximate surface area is 199 Å². The smallest absolute Gasteiger partial charge is 0.255 e. The number of hydrogen-bond donors (Lipinski definition) is 1. The number of piperidine rings is 1. The number of rotatable bonds is 3. The Hall–Kier alpha value is -2.64. The summed E-state index contributed by atoms with van der Waals surface area (Å²) in [6.45, 7) is 8.11. The number of aryl methyl sites for hydroxylation is 2. The second kappa shape index (κ2) is 8.61. The highest BCUT2D eigenvalue weighted by Crippen LogP contribution is 2.34. The van der Waals surface area contributed by atoms with Gasteiger partial charge in [0.15, 0.2) is 5.65 Å². The lowest BCUT2D eigenvalue weighted by molar-refractivity contribution is 0.0606. The van der Waals surface area contributed by atoms with E-state index in [2.05, 4.69) is 11.8 Å². The van der Waals surface area contributed by atoms with Crippen LogP contribution >= 0.6 is 11.6 Å². The van der Waals surface area contributed by atoms with Gasteiger partial charge in [0.05, 0.1) is 28.4 Å². The Balaban J connectivity index is 1.48. The molecule has 33 heavy (non-hydrogen) atoms. The fraction of sp³-hybridized carbons (Fsp3) is 0.480. The van der Waals surface area contributed by atoms with E-state index in [1.54, 1.807) is 10.6 Å². The number of aliphatic hydroxyl groups excluding tert-OH is 1.